The molecule has 35 heavy (non-hydrogen) atoms. The summed E-state index contributed by atoms with van der Waals surface area (Å²) in [6, 6.07) is 5.20. The number of hydrogen-bond donors (Lipinski definition) is 1. The number of amides is 1. The Morgan fingerprint density at radius 1 is 1.23 bits per heavy atom. The third-order valence-corrected chi connectivity index (χ3v) is 7.00. The van der Waals surface area contributed by atoms with Crippen LogP contribution in [0.3, 0.4) is 0 Å². The van der Waals surface area contributed by atoms with Gasteiger partial charge >= 0.3 is 11.7 Å². The fraction of sp³-hybridized carbons (Fsp3) is 0.333. The fourth-order valence-corrected chi connectivity index (χ4v) is 4.77. The van der Waals surface area contributed by atoms with Crippen LogP contribution in [0.5, 0.6) is 5.75 Å². The van der Waals surface area contributed by atoms with E-state index in [1.807, 2.05) is 0 Å². The molecule has 0 unspecified atom stereocenters. The number of halogens is 1. The van der Waals surface area contributed by atoms with Crippen LogP contribution in [0.4, 0.5) is 15.8 Å². The molecule has 3 rings (SSSR count). The number of anilines is 1. The number of nitro groups is 1. The summed E-state index contributed by atoms with van der Waals surface area (Å²) in [6.07, 6.45) is 0. The number of carbonyl (C=O) groups is 2. The maximum Gasteiger partial charge on any atom is 0.338 e. The van der Waals surface area contributed by atoms with Gasteiger partial charge in [-0.3, -0.25) is 14.9 Å². The summed E-state index contributed by atoms with van der Waals surface area (Å²) in [5.74, 6) is -2.92. The summed E-state index contributed by atoms with van der Waals surface area (Å²) in [4.78, 5) is 34.4. The second-order valence-electron chi connectivity index (χ2n) is 7.38. The molecule has 14 heteroatoms. The molecule has 188 valence electrons. The van der Waals surface area contributed by atoms with Crippen LogP contribution in [0.2, 0.25) is 0 Å². The summed E-state index contributed by atoms with van der Waals surface area (Å²) in [5, 5.41) is 13.5. The van der Waals surface area contributed by atoms with E-state index in [1.54, 1.807) is 0 Å². The number of esters is 1. The second-order valence-corrected chi connectivity index (χ2v) is 9.29. The second kappa shape index (κ2) is 10.8. The molecule has 1 saturated heterocycles. The number of methoxy groups -OCH3 is 1. The molecule has 0 radical (unpaired) electrons. The van der Waals surface area contributed by atoms with Gasteiger partial charge in [0.25, 0.3) is 5.91 Å². The molecule has 0 aromatic heterocycles. The minimum absolute atomic E-state index is 0.0451. The van der Waals surface area contributed by atoms with Gasteiger partial charge in [-0.2, -0.15) is 4.31 Å². The Balaban J connectivity index is 1.69. The molecular weight excluding hydrogens is 489 g/mol. The van der Waals surface area contributed by atoms with Crippen molar-refractivity contribution in [1.82, 2.24) is 4.31 Å². The lowest BCUT2D eigenvalue weighted by atomic mass is 10.1. The highest BCUT2D eigenvalue weighted by Gasteiger charge is 2.30. The highest BCUT2D eigenvalue weighted by atomic mass is 32.2. The van der Waals surface area contributed by atoms with E-state index < -0.39 is 44.1 Å². The first-order valence-corrected chi connectivity index (χ1v) is 11.7. The van der Waals surface area contributed by atoms with E-state index >= 15 is 0 Å². The van der Waals surface area contributed by atoms with Gasteiger partial charge in [0.1, 0.15) is 10.7 Å². The number of ether oxygens (including phenoxy) is 3. The Hall–Kier alpha value is -3.62. The molecule has 0 spiro atoms. The lowest BCUT2D eigenvalue weighted by molar-refractivity contribution is -0.385. The van der Waals surface area contributed by atoms with Crippen molar-refractivity contribution in [3.05, 3.63) is 57.4 Å². The standard InChI is InChI=1S/C21H22FN3O9S/c1-13-9-17(25(28)29)18(32-2)11-16(13)23-20(26)12-34-21(27)14-3-4-15(22)19(10-14)35(30,31)24-5-7-33-8-6-24/h3-4,9-11H,5-8,12H2,1-2H3,(H,23,26). The number of nitrogens with zero attached hydrogens (tertiary/aromatic N) is 2. The van der Waals surface area contributed by atoms with Crippen molar-refractivity contribution in [2.45, 2.75) is 11.8 Å². The minimum atomic E-state index is -4.21. The molecule has 1 N–H and O–H groups in total. The van der Waals surface area contributed by atoms with E-state index in [9.17, 15) is 32.5 Å². The molecule has 0 aliphatic carbocycles. The largest absolute Gasteiger partial charge is 0.490 e. The lowest BCUT2D eigenvalue weighted by Crippen LogP contribution is -2.41. The zero-order valence-corrected chi connectivity index (χ0v) is 19.6. The monoisotopic (exact) mass is 511 g/mol. The van der Waals surface area contributed by atoms with Gasteiger partial charge < -0.3 is 19.5 Å². The van der Waals surface area contributed by atoms with E-state index in [-0.39, 0.29) is 49.0 Å². The van der Waals surface area contributed by atoms with Crippen molar-refractivity contribution < 1.29 is 41.5 Å². The first kappa shape index (κ1) is 26.0. The van der Waals surface area contributed by atoms with Crippen LogP contribution >= 0.6 is 0 Å². The molecule has 0 bridgehead atoms. The van der Waals surface area contributed by atoms with Crippen LogP contribution < -0.4 is 10.1 Å². The van der Waals surface area contributed by atoms with E-state index in [4.69, 9.17) is 14.2 Å². The maximum absolute atomic E-state index is 14.3. The number of nitrogens with one attached hydrogen (secondary N) is 1. The van der Waals surface area contributed by atoms with Gasteiger partial charge in [-0.15, -0.1) is 0 Å². The zero-order chi connectivity index (χ0) is 25.8. The number of nitro benzene ring substituents is 1. The summed E-state index contributed by atoms with van der Waals surface area (Å²) in [7, 11) is -2.97. The first-order chi connectivity index (χ1) is 16.5. The Morgan fingerprint density at radius 3 is 2.54 bits per heavy atom. The van der Waals surface area contributed by atoms with Crippen LogP contribution in [0.25, 0.3) is 0 Å². The molecule has 1 amide bonds. The predicted octanol–water partition coefficient (Wildman–Crippen LogP) is 1.87. The molecular formula is C21H22FN3O9S. The Morgan fingerprint density at radius 2 is 1.91 bits per heavy atom. The van der Waals surface area contributed by atoms with Gasteiger partial charge in [-0.05, 0) is 30.7 Å². The average Bonchev–Trinajstić information content (AvgIpc) is 2.84. The van der Waals surface area contributed by atoms with E-state index in [0.717, 1.165) is 22.5 Å². The molecule has 2 aromatic rings. The highest BCUT2D eigenvalue weighted by molar-refractivity contribution is 7.89. The SMILES string of the molecule is COc1cc(NC(=O)COC(=O)c2ccc(F)c(S(=O)(=O)N3CCOCC3)c2)c(C)cc1[N+](=O)[O-]. The molecule has 2 aromatic carbocycles. The average molecular weight is 511 g/mol. The molecule has 1 aliphatic rings. The van der Waals surface area contributed by atoms with E-state index in [2.05, 4.69) is 5.32 Å². The molecule has 1 fully saturated rings. The highest BCUT2D eigenvalue weighted by Crippen LogP contribution is 2.32. The molecule has 12 nitrogen and oxygen atoms in total. The van der Waals surface area contributed by atoms with Gasteiger partial charge in [-0.25, -0.2) is 17.6 Å². The maximum atomic E-state index is 14.3. The molecule has 1 heterocycles. The third kappa shape index (κ3) is 5.90. The number of benzene rings is 2. The van der Waals surface area contributed by atoms with E-state index in [1.165, 1.54) is 26.2 Å². The van der Waals surface area contributed by atoms with Crippen molar-refractivity contribution >= 4 is 33.3 Å². The van der Waals surface area contributed by atoms with Crippen molar-refractivity contribution in [3.63, 3.8) is 0 Å². The van der Waals surface area contributed by atoms with Crippen LogP contribution in [-0.4, -0.2) is 69.5 Å². The third-order valence-electron chi connectivity index (χ3n) is 5.09. The number of hydrogen-bond acceptors (Lipinski definition) is 9. The topological polar surface area (TPSA) is 154 Å². The van der Waals surface area contributed by atoms with Crippen LogP contribution in [0.1, 0.15) is 15.9 Å². The molecule has 0 atom stereocenters. The van der Waals surface area contributed by atoms with Crippen molar-refractivity contribution in [2.75, 3.05) is 45.3 Å². The fourth-order valence-electron chi connectivity index (χ4n) is 3.27. The van der Waals surface area contributed by atoms with Crippen molar-refractivity contribution in [3.8, 4) is 5.75 Å². The van der Waals surface area contributed by atoms with Gasteiger partial charge in [-0.1, -0.05) is 0 Å². The van der Waals surface area contributed by atoms with Crippen molar-refractivity contribution in [1.29, 1.82) is 0 Å². The Labute approximate surface area is 199 Å². The molecule has 1 aliphatic heterocycles. The number of carbonyl (C=O) groups excluding carboxylic acids is 2. The number of aryl methyl sites for hydroxylation is 1. The summed E-state index contributed by atoms with van der Waals surface area (Å²) >= 11 is 0. The van der Waals surface area contributed by atoms with Gasteiger partial charge in [0.2, 0.25) is 10.0 Å². The van der Waals surface area contributed by atoms with E-state index in [0.29, 0.717) is 5.56 Å². The minimum Gasteiger partial charge on any atom is -0.490 e. The summed E-state index contributed by atoms with van der Waals surface area (Å²) in [5.41, 5.74) is 0.0237. The van der Waals surface area contributed by atoms with Gasteiger partial charge in [0.05, 0.1) is 30.8 Å². The quantitative estimate of drug-likeness (QED) is 0.318. The van der Waals surface area contributed by atoms with Gasteiger partial charge in [0, 0.05) is 30.9 Å². The first-order valence-electron chi connectivity index (χ1n) is 10.2. The molecule has 0 saturated carbocycles. The van der Waals surface area contributed by atoms with Crippen LogP contribution in [-0.2, 0) is 24.3 Å². The summed E-state index contributed by atoms with van der Waals surface area (Å²) in [6.45, 7) is 1.20. The summed E-state index contributed by atoms with van der Waals surface area (Å²) < 4.78 is 55.9. The number of rotatable bonds is 8. The zero-order valence-electron chi connectivity index (χ0n) is 18.8. The lowest BCUT2D eigenvalue weighted by Gasteiger charge is -2.26. The Kier molecular flexibility index (Phi) is 7.99. The number of morpholine rings is 1. The van der Waals surface area contributed by atoms with Crippen LogP contribution in [0.15, 0.2) is 35.2 Å². The van der Waals surface area contributed by atoms with Gasteiger partial charge in [0.15, 0.2) is 12.4 Å². The number of sulfonamides is 1. The van der Waals surface area contributed by atoms with Crippen LogP contribution in [0, 0.1) is 22.9 Å². The van der Waals surface area contributed by atoms with Crippen molar-refractivity contribution in [2.24, 2.45) is 0 Å². The normalized spacial score (nSPS) is 14.3. The Bertz CT molecular complexity index is 1260. The smallest absolute Gasteiger partial charge is 0.338 e. The predicted molar refractivity (Wildman–Crippen MR) is 119 cm³/mol.